The molecule has 2 rings (SSSR count). The average molecular weight is 226 g/mol. The zero-order valence-corrected chi connectivity index (χ0v) is 7.93. The molecule has 0 aliphatic carbocycles. The number of nitrogens with zero attached hydrogens (tertiary/aromatic N) is 1. The lowest BCUT2D eigenvalue weighted by Crippen LogP contribution is -1.96. The number of benzene rings is 1. The monoisotopic (exact) mass is 225 g/mol. The molecule has 2 aromatic rings. The van der Waals surface area contributed by atoms with E-state index in [2.05, 4.69) is 26.1 Å². The van der Waals surface area contributed by atoms with Crippen LogP contribution in [0.4, 0.5) is 0 Å². The molecule has 62 valence electrons. The molecule has 12 heavy (non-hydrogen) atoms. The molecule has 3 nitrogen and oxygen atoms in total. The number of nitrogens with two attached hydrogens (primary N) is 1. The molecule has 4 heteroatoms. The summed E-state index contributed by atoms with van der Waals surface area (Å²) >= 11 is 3.45. The van der Waals surface area contributed by atoms with E-state index in [1.54, 1.807) is 0 Å². The van der Waals surface area contributed by atoms with Gasteiger partial charge in [0.05, 0.1) is 11.2 Å². The Morgan fingerprint density at radius 1 is 1.50 bits per heavy atom. The van der Waals surface area contributed by atoms with Crippen LogP contribution in [0.5, 0.6) is 0 Å². The van der Waals surface area contributed by atoms with Gasteiger partial charge in [0.25, 0.3) is 0 Å². The summed E-state index contributed by atoms with van der Waals surface area (Å²) in [7, 11) is 0. The third-order valence-electron chi connectivity index (χ3n) is 1.81. The highest BCUT2D eigenvalue weighted by atomic mass is 79.9. The van der Waals surface area contributed by atoms with Crippen LogP contribution in [-0.4, -0.2) is 10.2 Å². The molecule has 1 heterocycles. The molecule has 0 unspecified atom stereocenters. The number of aromatic nitrogens is 2. The summed E-state index contributed by atoms with van der Waals surface area (Å²) in [5.74, 6) is 0. The maximum atomic E-state index is 5.54. The first-order valence-electron chi connectivity index (χ1n) is 3.64. The van der Waals surface area contributed by atoms with Gasteiger partial charge in [0, 0.05) is 16.4 Å². The van der Waals surface area contributed by atoms with E-state index in [0.29, 0.717) is 6.54 Å². The number of H-pyrrole nitrogens is 1. The van der Waals surface area contributed by atoms with Crippen molar-refractivity contribution in [2.45, 2.75) is 6.54 Å². The minimum absolute atomic E-state index is 0.485. The van der Waals surface area contributed by atoms with Crippen LogP contribution in [0, 0.1) is 0 Å². The molecule has 0 atom stereocenters. The quantitative estimate of drug-likeness (QED) is 0.778. The van der Waals surface area contributed by atoms with Crippen LogP contribution in [0.25, 0.3) is 10.9 Å². The molecule has 0 bridgehead atoms. The summed E-state index contributed by atoms with van der Waals surface area (Å²) in [5, 5.41) is 8.10. The lowest BCUT2D eigenvalue weighted by atomic mass is 10.2. The van der Waals surface area contributed by atoms with Crippen LogP contribution in [0.3, 0.4) is 0 Å². The number of hydrogen-bond acceptors (Lipinski definition) is 2. The molecular formula is C8H8BrN3. The van der Waals surface area contributed by atoms with E-state index in [9.17, 15) is 0 Å². The lowest BCUT2D eigenvalue weighted by molar-refractivity contribution is 0.958. The van der Waals surface area contributed by atoms with E-state index in [0.717, 1.165) is 21.1 Å². The summed E-state index contributed by atoms with van der Waals surface area (Å²) in [6, 6.07) is 5.89. The first-order valence-corrected chi connectivity index (χ1v) is 4.44. The van der Waals surface area contributed by atoms with Gasteiger partial charge in [-0.1, -0.05) is 22.0 Å². The largest absolute Gasteiger partial charge is 0.325 e. The molecule has 1 aromatic carbocycles. The van der Waals surface area contributed by atoms with Gasteiger partial charge in [0.2, 0.25) is 0 Å². The minimum Gasteiger partial charge on any atom is -0.325 e. The zero-order valence-electron chi connectivity index (χ0n) is 6.34. The normalized spacial score (nSPS) is 10.8. The standard InChI is InChI=1S/C8H8BrN3/c9-5-2-1-3-6-8(5)7(4-10)12-11-6/h1-3H,4,10H2,(H,11,12). The molecule has 0 spiro atoms. The van der Waals surface area contributed by atoms with Crippen LogP contribution in [0.1, 0.15) is 5.69 Å². The molecule has 3 N–H and O–H groups in total. The summed E-state index contributed by atoms with van der Waals surface area (Å²) < 4.78 is 1.04. The van der Waals surface area contributed by atoms with Gasteiger partial charge in [-0.25, -0.2) is 0 Å². The second-order valence-corrected chi connectivity index (χ2v) is 3.39. The van der Waals surface area contributed by atoms with Gasteiger partial charge in [-0.05, 0) is 12.1 Å². The van der Waals surface area contributed by atoms with Crippen molar-refractivity contribution in [3.8, 4) is 0 Å². The van der Waals surface area contributed by atoms with Crippen LogP contribution in [0.15, 0.2) is 22.7 Å². The Hall–Kier alpha value is -0.870. The van der Waals surface area contributed by atoms with Crippen molar-refractivity contribution in [1.82, 2.24) is 10.2 Å². The Labute approximate surface area is 78.1 Å². The maximum Gasteiger partial charge on any atom is 0.0935 e. The van der Waals surface area contributed by atoms with Crippen molar-refractivity contribution in [2.75, 3.05) is 0 Å². The summed E-state index contributed by atoms with van der Waals surface area (Å²) in [5.41, 5.74) is 7.46. The Balaban J connectivity index is 2.83. The Bertz CT molecular complexity index is 408. The van der Waals surface area contributed by atoms with Crippen molar-refractivity contribution in [2.24, 2.45) is 5.73 Å². The van der Waals surface area contributed by atoms with E-state index in [1.165, 1.54) is 0 Å². The first kappa shape index (κ1) is 7.76. The smallest absolute Gasteiger partial charge is 0.0935 e. The highest BCUT2D eigenvalue weighted by molar-refractivity contribution is 9.10. The highest BCUT2D eigenvalue weighted by Crippen LogP contribution is 2.24. The van der Waals surface area contributed by atoms with Crippen molar-refractivity contribution < 1.29 is 0 Å². The second kappa shape index (κ2) is 2.88. The number of nitrogens with one attached hydrogen (secondary N) is 1. The van der Waals surface area contributed by atoms with Crippen LogP contribution in [0.2, 0.25) is 0 Å². The third kappa shape index (κ3) is 1.04. The van der Waals surface area contributed by atoms with E-state index in [1.807, 2.05) is 18.2 Å². The molecule has 0 fully saturated rings. The van der Waals surface area contributed by atoms with Gasteiger partial charge in [-0.15, -0.1) is 0 Å². The van der Waals surface area contributed by atoms with Gasteiger partial charge < -0.3 is 5.73 Å². The average Bonchev–Trinajstić information content (AvgIpc) is 2.49. The van der Waals surface area contributed by atoms with Crippen LogP contribution >= 0.6 is 15.9 Å². The van der Waals surface area contributed by atoms with Crippen LogP contribution in [-0.2, 0) is 6.54 Å². The fraction of sp³-hybridized carbons (Fsp3) is 0.125. The summed E-state index contributed by atoms with van der Waals surface area (Å²) in [4.78, 5) is 0. The second-order valence-electron chi connectivity index (χ2n) is 2.54. The number of rotatable bonds is 1. The minimum atomic E-state index is 0.485. The predicted molar refractivity (Wildman–Crippen MR) is 51.7 cm³/mol. The van der Waals surface area contributed by atoms with Gasteiger partial charge >= 0.3 is 0 Å². The van der Waals surface area contributed by atoms with E-state index in [4.69, 9.17) is 5.73 Å². The fourth-order valence-corrected chi connectivity index (χ4v) is 1.83. The van der Waals surface area contributed by atoms with Gasteiger partial charge in [0.15, 0.2) is 0 Å². The molecule has 0 amide bonds. The first-order chi connectivity index (χ1) is 5.83. The van der Waals surface area contributed by atoms with E-state index < -0.39 is 0 Å². The van der Waals surface area contributed by atoms with Crippen LogP contribution < -0.4 is 5.73 Å². The molecule has 0 radical (unpaired) electrons. The summed E-state index contributed by atoms with van der Waals surface area (Å²) in [6.07, 6.45) is 0. The van der Waals surface area contributed by atoms with Crippen molar-refractivity contribution in [1.29, 1.82) is 0 Å². The number of hydrogen-bond donors (Lipinski definition) is 2. The maximum absolute atomic E-state index is 5.54. The molecular weight excluding hydrogens is 218 g/mol. The predicted octanol–water partition coefficient (Wildman–Crippen LogP) is 1.78. The van der Waals surface area contributed by atoms with E-state index in [-0.39, 0.29) is 0 Å². The fourth-order valence-electron chi connectivity index (χ4n) is 1.24. The molecule has 1 aromatic heterocycles. The topological polar surface area (TPSA) is 54.7 Å². The Morgan fingerprint density at radius 3 is 3.08 bits per heavy atom. The number of aromatic amines is 1. The van der Waals surface area contributed by atoms with E-state index >= 15 is 0 Å². The summed E-state index contributed by atoms with van der Waals surface area (Å²) in [6.45, 7) is 0.485. The molecule has 0 aliphatic heterocycles. The van der Waals surface area contributed by atoms with Gasteiger partial charge in [-0.2, -0.15) is 5.10 Å². The highest BCUT2D eigenvalue weighted by Gasteiger charge is 2.05. The SMILES string of the molecule is NCc1[nH]nc2cccc(Br)c12. The van der Waals surface area contributed by atoms with Gasteiger partial charge in [-0.3, -0.25) is 5.10 Å². The van der Waals surface area contributed by atoms with Crippen molar-refractivity contribution >= 4 is 26.8 Å². The molecule has 0 aliphatic rings. The third-order valence-corrected chi connectivity index (χ3v) is 2.47. The molecule has 0 saturated heterocycles. The Kier molecular flexibility index (Phi) is 1.86. The lowest BCUT2D eigenvalue weighted by Gasteiger charge is -1.94. The zero-order chi connectivity index (χ0) is 8.55. The van der Waals surface area contributed by atoms with Crippen molar-refractivity contribution in [3.63, 3.8) is 0 Å². The molecule has 0 saturated carbocycles. The number of halogens is 1. The number of fused-ring (bicyclic) bond motifs is 1. The van der Waals surface area contributed by atoms with Crippen molar-refractivity contribution in [3.05, 3.63) is 28.4 Å². The van der Waals surface area contributed by atoms with Gasteiger partial charge in [0.1, 0.15) is 0 Å². The Morgan fingerprint density at radius 2 is 2.33 bits per heavy atom.